The Hall–Kier alpha value is -2.46. The maximum absolute atomic E-state index is 12.1. The highest BCUT2D eigenvalue weighted by molar-refractivity contribution is 7.92. The summed E-state index contributed by atoms with van der Waals surface area (Å²) >= 11 is 0.884. The number of anilines is 1. The summed E-state index contributed by atoms with van der Waals surface area (Å²) in [4.78, 5) is 20.5. The van der Waals surface area contributed by atoms with Crippen LogP contribution in [0, 0.1) is 10.1 Å². The van der Waals surface area contributed by atoms with Crippen LogP contribution < -0.4 is 4.72 Å². The predicted octanol–water partition coefficient (Wildman–Crippen LogP) is 2.16. The summed E-state index contributed by atoms with van der Waals surface area (Å²) in [6.07, 6.45) is 0. The first-order valence-corrected chi connectivity index (χ1v) is 7.75. The van der Waals surface area contributed by atoms with Crippen LogP contribution in [0.2, 0.25) is 0 Å². The van der Waals surface area contributed by atoms with Gasteiger partial charge in [-0.15, -0.1) is 11.3 Å². The minimum atomic E-state index is -4.01. The molecular formula is C11H8N2O6S2. The maximum atomic E-state index is 12.1. The van der Waals surface area contributed by atoms with Crippen molar-refractivity contribution in [3.63, 3.8) is 0 Å². The molecule has 2 aromatic rings. The van der Waals surface area contributed by atoms with E-state index in [0.717, 1.165) is 35.6 Å². The van der Waals surface area contributed by atoms with Crippen LogP contribution in [-0.2, 0) is 10.0 Å². The molecule has 0 saturated carbocycles. The number of hydrogen-bond acceptors (Lipinski definition) is 6. The molecule has 0 aliphatic rings. The SMILES string of the molecule is O=C(O)c1sccc1NS(=O)(=O)c1ccc([N+](=O)[O-])cc1. The molecule has 0 fully saturated rings. The Labute approximate surface area is 122 Å². The van der Waals surface area contributed by atoms with Crippen LogP contribution in [0.1, 0.15) is 9.67 Å². The second kappa shape index (κ2) is 5.50. The zero-order chi connectivity index (χ0) is 15.6. The third-order valence-electron chi connectivity index (χ3n) is 2.46. The maximum Gasteiger partial charge on any atom is 0.348 e. The molecule has 0 spiro atoms. The Morgan fingerprint density at radius 1 is 1.24 bits per heavy atom. The first kappa shape index (κ1) is 14.9. The number of carbonyl (C=O) groups is 1. The average molecular weight is 328 g/mol. The molecule has 2 rings (SSSR count). The van der Waals surface area contributed by atoms with E-state index >= 15 is 0 Å². The van der Waals surface area contributed by atoms with Crippen molar-refractivity contribution in [3.05, 3.63) is 50.7 Å². The predicted molar refractivity (Wildman–Crippen MR) is 75.2 cm³/mol. The third kappa shape index (κ3) is 3.17. The van der Waals surface area contributed by atoms with E-state index in [1.165, 1.54) is 11.4 Å². The van der Waals surface area contributed by atoms with E-state index in [1.807, 2.05) is 0 Å². The molecule has 2 N–H and O–H groups in total. The summed E-state index contributed by atoms with van der Waals surface area (Å²) in [6, 6.07) is 5.60. The molecule has 8 nitrogen and oxygen atoms in total. The summed E-state index contributed by atoms with van der Waals surface area (Å²) in [5.41, 5.74) is -0.290. The Morgan fingerprint density at radius 3 is 2.38 bits per heavy atom. The second-order valence-corrected chi connectivity index (χ2v) is 6.42. The van der Waals surface area contributed by atoms with Gasteiger partial charge in [-0.05, 0) is 23.6 Å². The summed E-state index contributed by atoms with van der Waals surface area (Å²) in [5.74, 6) is -1.24. The normalized spacial score (nSPS) is 11.0. The Morgan fingerprint density at radius 2 is 1.86 bits per heavy atom. The van der Waals surface area contributed by atoms with Crippen LogP contribution in [0.25, 0.3) is 0 Å². The number of non-ortho nitro benzene ring substituents is 1. The minimum Gasteiger partial charge on any atom is -0.477 e. The van der Waals surface area contributed by atoms with Gasteiger partial charge in [0.1, 0.15) is 4.88 Å². The number of nitro benzene ring substituents is 1. The fourth-order valence-corrected chi connectivity index (χ4v) is 3.33. The average Bonchev–Trinajstić information content (AvgIpc) is 2.86. The molecule has 10 heteroatoms. The van der Waals surface area contributed by atoms with Crippen LogP contribution >= 0.6 is 11.3 Å². The lowest BCUT2D eigenvalue weighted by Gasteiger charge is -2.07. The lowest BCUT2D eigenvalue weighted by molar-refractivity contribution is -0.384. The van der Waals surface area contributed by atoms with Gasteiger partial charge in [0, 0.05) is 12.1 Å². The van der Waals surface area contributed by atoms with Gasteiger partial charge in [-0.1, -0.05) is 0 Å². The summed E-state index contributed by atoms with van der Waals surface area (Å²) < 4.78 is 26.3. The number of nitrogens with zero attached hydrogens (tertiary/aromatic N) is 1. The minimum absolute atomic E-state index is 0.0501. The van der Waals surface area contributed by atoms with Gasteiger partial charge < -0.3 is 5.11 Å². The van der Waals surface area contributed by atoms with E-state index in [9.17, 15) is 23.3 Å². The van der Waals surface area contributed by atoms with E-state index in [4.69, 9.17) is 5.11 Å². The van der Waals surface area contributed by atoms with Crippen LogP contribution in [0.4, 0.5) is 11.4 Å². The molecule has 0 amide bonds. The quantitative estimate of drug-likeness (QED) is 0.639. The molecule has 1 aromatic carbocycles. The van der Waals surface area contributed by atoms with Crippen LogP contribution in [0.3, 0.4) is 0 Å². The zero-order valence-corrected chi connectivity index (χ0v) is 11.8. The van der Waals surface area contributed by atoms with Crippen LogP contribution in [0.5, 0.6) is 0 Å². The number of carboxylic acid groups (broad SMARTS) is 1. The van der Waals surface area contributed by atoms with E-state index in [2.05, 4.69) is 4.72 Å². The Bertz CT molecular complexity index is 794. The van der Waals surface area contributed by atoms with Gasteiger partial charge in [0.15, 0.2) is 0 Å². The van der Waals surface area contributed by atoms with Crippen molar-refractivity contribution in [1.82, 2.24) is 0 Å². The molecule has 0 unspecified atom stereocenters. The molecule has 0 bridgehead atoms. The number of benzene rings is 1. The van der Waals surface area contributed by atoms with Gasteiger partial charge in [-0.3, -0.25) is 14.8 Å². The zero-order valence-electron chi connectivity index (χ0n) is 10.2. The van der Waals surface area contributed by atoms with Gasteiger partial charge in [0.05, 0.1) is 15.5 Å². The van der Waals surface area contributed by atoms with E-state index in [1.54, 1.807) is 0 Å². The van der Waals surface area contributed by atoms with E-state index in [0.29, 0.717) is 0 Å². The Kier molecular flexibility index (Phi) is 3.91. The summed E-state index contributed by atoms with van der Waals surface area (Å²) in [6.45, 7) is 0. The molecule has 21 heavy (non-hydrogen) atoms. The van der Waals surface area contributed by atoms with Crippen LogP contribution in [-0.4, -0.2) is 24.4 Å². The fourth-order valence-electron chi connectivity index (χ4n) is 1.51. The number of nitro groups is 1. The van der Waals surface area contributed by atoms with Crippen molar-refractivity contribution in [3.8, 4) is 0 Å². The fraction of sp³-hybridized carbons (Fsp3) is 0. The van der Waals surface area contributed by atoms with Crippen molar-refractivity contribution < 1.29 is 23.2 Å². The molecule has 0 saturated heterocycles. The van der Waals surface area contributed by atoms with E-state index in [-0.39, 0.29) is 21.1 Å². The highest BCUT2D eigenvalue weighted by Crippen LogP contribution is 2.25. The van der Waals surface area contributed by atoms with Gasteiger partial charge in [-0.25, -0.2) is 13.2 Å². The topological polar surface area (TPSA) is 127 Å². The second-order valence-electron chi connectivity index (χ2n) is 3.83. The summed E-state index contributed by atoms with van der Waals surface area (Å²) in [7, 11) is -4.01. The third-order valence-corrected chi connectivity index (χ3v) is 4.75. The smallest absolute Gasteiger partial charge is 0.348 e. The number of carboxylic acids is 1. The number of hydrogen-bond donors (Lipinski definition) is 2. The first-order chi connectivity index (χ1) is 9.81. The van der Waals surface area contributed by atoms with Crippen molar-refractivity contribution in [1.29, 1.82) is 0 Å². The van der Waals surface area contributed by atoms with Crippen molar-refractivity contribution >= 4 is 38.7 Å². The van der Waals surface area contributed by atoms with Crippen LogP contribution in [0.15, 0.2) is 40.6 Å². The summed E-state index contributed by atoms with van der Waals surface area (Å²) in [5, 5.41) is 20.9. The van der Waals surface area contributed by atoms with Gasteiger partial charge >= 0.3 is 5.97 Å². The first-order valence-electron chi connectivity index (χ1n) is 5.39. The molecule has 110 valence electrons. The lowest BCUT2D eigenvalue weighted by Crippen LogP contribution is -2.14. The van der Waals surface area contributed by atoms with Gasteiger partial charge in [-0.2, -0.15) is 0 Å². The molecular weight excluding hydrogens is 320 g/mol. The molecule has 0 atom stereocenters. The number of nitrogens with one attached hydrogen (secondary N) is 1. The van der Waals surface area contributed by atoms with Gasteiger partial charge in [0.2, 0.25) is 0 Å². The molecule has 1 heterocycles. The molecule has 0 radical (unpaired) electrons. The Balaban J connectivity index is 2.32. The molecule has 0 aliphatic heterocycles. The molecule has 1 aromatic heterocycles. The van der Waals surface area contributed by atoms with Crippen molar-refractivity contribution in [2.75, 3.05) is 4.72 Å². The monoisotopic (exact) mass is 328 g/mol. The standard InChI is InChI=1S/C11H8N2O6S2/c14-11(15)10-9(5-6-20-10)12-21(18,19)8-3-1-7(2-4-8)13(16)17/h1-6,12H,(H,14,15). The van der Waals surface area contributed by atoms with Crippen molar-refractivity contribution in [2.45, 2.75) is 4.90 Å². The highest BCUT2D eigenvalue weighted by atomic mass is 32.2. The van der Waals surface area contributed by atoms with Crippen molar-refractivity contribution in [2.24, 2.45) is 0 Å². The lowest BCUT2D eigenvalue weighted by atomic mass is 10.3. The highest BCUT2D eigenvalue weighted by Gasteiger charge is 2.20. The number of aromatic carboxylic acids is 1. The molecule has 0 aliphatic carbocycles. The largest absolute Gasteiger partial charge is 0.477 e. The number of rotatable bonds is 5. The number of thiophene rings is 1. The van der Waals surface area contributed by atoms with Gasteiger partial charge in [0.25, 0.3) is 15.7 Å². The number of sulfonamides is 1. The van der Waals surface area contributed by atoms with E-state index < -0.39 is 20.9 Å².